The van der Waals surface area contributed by atoms with Gasteiger partial charge in [0.1, 0.15) is 5.82 Å². The second-order valence-electron chi connectivity index (χ2n) is 3.60. The summed E-state index contributed by atoms with van der Waals surface area (Å²) in [6.45, 7) is 3.75. The Bertz CT molecular complexity index is 572. The van der Waals surface area contributed by atoms with E-state index < -0.39 is 0 Å². The monoisotopic (exact) mass is 205 g/mol. The average molecular weight is 205 g/mol. The number of pyridine rings is 1. The first kappa shape index (κ1) is 9.90. The zero-order valence-corrected chi connectivity index (χ0v) is 8.73. The Morgan fingerprint density at radius 2 is 2.13 bits per heavy atom. The van der Waals surface area contributed by atoms with E-state index in [4.69, 9.17) is 0 Å². The summed E-state index contributed by atoms with van der Waals surface area (Å²) < 4.78 is 13.0. The summed E-state index contributed by atoms with van der Waals surface area (Å²) in [4.78, 5) is 15.0. The summed E-state index contributed by atoms with van der Waals surface area (Å²) >= 11 is 0. The maximum atomic E-state index is 13.0. The Morgan fingerprint density at radius 1 is 1.40 bits per heavy atom. The zero-order chi connectivity index (χ0) is 11.0. The number of hydrogen-bond donors (Lipinski definition) is 1. The quantitative estimate of drug-likeness (QED) is 0.762. The van der Waals surface area contributed by atoms with Gasteiger partial charge in [0.15, 0.2) is 5.43 Å². The highest BCUT2D eigenvalue weighted by Gasteiger charge is 2.07. The molecule has 2 aromatic rings. The van der Waals surface area contributed by atoms with E-state index >= 15 is 0 Å². The first-order valence-corrected chi connectivity index (χ1v) is 4.94. The Balaban J connectivity index is 2.91. The Hall–Kier alpha value is -1.64. The number of halogens is 1. The summed E-state index contributed by atoms with van der Waals surface area (Å²) in [7, 11) is 0. The van der Waals surface area contributed by atoms with E-state index in [1.54, 1.807) is 13.0 Å². The Kier molecular flexibility index (Phi) is 2.31. The topological polar surface area (TPSA) is 32.9 Å². The zero-order valence-electron chi connectivity index (χ0n) is 8.73. The summed E-state index contributed by atoms with van der Waals surface area (Å²) in [5.74, 6) is -0.378. The molecule has 0 aliphatic carbocycles. The minimum atomic E-state index is -0.378. The highest BCUT2D eigenvalue weighted by atomic mass is 19.1. The SMILES string of the molecule is CCc1[nH]c2ccc(F)cc2c(=O)c1C. The van der Waals surface area contributed by atoms with Crippen LogP contribution in [0, 0.1) is 12.7 Å². The third-order valence-corrected chi connectivity index (χ3v) is 2.66. The van der Waals surface area contributed by atoms with E-state index in [0.29, 0.717) is 16.5 Å². The molecule has 15 heavy (non-hydrogen) atoms. The van der Waals surface area contributed by atoms with Crippen LogP contribution in [0.1, 0.15) is 18.2 Å². The fourth-order valence-corrected chi connectivity index (χ4v) is 1.76. The van der Waals surface area contributed by atoms with Crippen LogP contribution in [0.15, 0.2) is 23.0 Å². The van der Waals surface area contributed by atoms with Gasteiger partial charge in [-0.25, -0.2) is 4.39 Å². The number of nitrogens with one attached hydrogen (secondary N) is 1. The van der Waals surface area contributed by atoms with Crippen LogP contribution in [0.25, 0.3) is 10.9 Å². The number of aryl methyl sites for hydroxylation is 1. The molecule has 0 unspecified atom stereocenters. The van der Waals surface area contributed by atoms with Crippen molar-refractivity contribution in [3.8, 4) is 0 Å². The van der Waals surface area contributed by atoms with Gasteiger partial charge in [-0.05, 0) is 31.5 Å². The van der Waals surface area contributed by atoms with Gasteiger partial charge in [0.2, 0.25) is 0 Å². The highest BCUT2D eigenvalue weighted by molar-refractivity contribution is 5.79. The van der Waals surface area contributed by atoms with Crippen LogP contribution in [0.4, 0.5) is 4.39 Å². The molecule has 1 aromatic heterocycles. The van der Waals surface area contributed by atoms with E-state index in [0.717, 1.165) is 12.1 Å². The lowest BCUT2D eigenvalue weighted by molar-refractivity contribution is 0.629. The number of rotatable bonds is 1. The maximum Gasteiger partial charge on any atom is 0.192 e. The van der Waals surface area contributed by atoms with Gasteiger partial charge < -0.3 is 4.98 Å². The second kappa shape index (κ2) is 3.50. The van der Waals surface area contributed by atoms with Gasteiger partial charge in [0.25, 0.3) is 0 Å². The van der Waals surface area contributed by atoms with Crippen molar-refractivity contribution in [2.75, 3.05) is 0 Å². The smallest absolute Gasteiger partial charge is 0.192 e. The van der Waals surface area contributed by atoms with Crippen LogP contribution in [0.2, 0.25) is 0 Å². The largest absolute Gasteiger partial charge is 0.358 e. The predicted octanol–water partition coefficient (Wildman–Crippen LogP) is 2.54. The lowest BCUT2D eigenvalue weighted by atomic mass is 10.1. The van der Waals surface area contributed by atoms with E-state index in [1.807, 2.05) is 6.92 Å². The summed E-state index contributed by atoms with van der Waals surface area (Å²) in [5, 5.41) is 0.421. The molecule has 0 saturated carbocycles. The van der Waals surface area contributed by atoms with Crippen molar-refractivity contribution in [1.29, 1.82) is 0 Å². The number of hydrogen-bond acceptors (Lipinski definition) is 1. The molecule has 1 heterocycles. The average Bonchev–Trinajstić information content (AvgIpc) is 2.24. The molecule has 1 N–H and O–H groups in total. The third kappa shape index (κ3) is 1.54. The van der Waals surface area contributed by atoms with Crippen LogP contribution in [-0.4, -0.2) is 4.98 Å². The number of fused-ring (bicyclic) bond motifs is 1. The highest BCUT2D eigenvalue weighted by Crippen LogP contribution is 2.12. The fraction of sp³-hybridized carbons (Fsp3) is 0.250. The molecule has 0 fully saturated rings. The van der Waals surface area contributed by atoms with E-state index in [9.17, 15) is 9.18 Å². The minimum Gasteiger partial charge on any atom is -0.358 e. The molecule has 0 aliphatic heterocycles. The van der Waals surface area contributed by atoms with Gasteiger partial charge in [-0.1, -0.05) is 6.92 Å². The molecule has 2 rings (SSSR count). The molecular formula is C12H12FNO. The van der Waals surface area contributed by atoms with E-state index in [-0.39, 0.29) is 11.2 Å². The predicted molar refractivity (Wildman–Crippen MR) is 58.6 cm³/mol. The van der Waals surface area contributed by atoms with Crippen LogP contribution < -0.4 is 5.43 Å². The van der Waals surface area contributed by atoms with Crippen molar-refractivity contribution in [3.63, 3.8) is 0 Å². The molecule has 0 radical (unpaired) electrons. The van der Waals surface area contributed by atoms with Crippen molar-refractivity contribution < 1.29 is 4.39 Å². The number of aromatic amines is 1. The normalized spacial score (nSPS) is 10.9. The molecule has 0 amide bonds. The molecule has 2 nitrogen and oxygen atoms in total. The van der Waals surface area contributed by atoms with Gasteiger partial charge in [-0.15, -0.1) is 0 Å². The van der Waals surface area contributed by atoms with Gasteiger partial charge in [0, 0.05) is 22.2 Å². The summed E-state index contributed by atoms with van der Waals surface area (Å²) in [6.07, 6.45) is 0.772. The van der Waals surface area contributed by atoms with Crippen LogP contribution >= 0.6 is 0 Å². The maximum absolute atomic E-state index is 13.0. The molecule has 3 heteroatoms. The Labute approximate surface area is 86.8 Å². The molecule has 0 saturated heterocycles. The first-order chi connectivity index (χ1) is 7.13. The van der Waals surface area contributed by atoms with Gasteiger partial charge in [-0.3, -0.25) is 4.79 Å². The molecule has 78 valence electrons. The van der Waals surface area contributed by atoms with E-state index in [2.05, 4.69) is 4.98 Å². The van der Waals surface area contributed by atoms with Gasteiger partial charge in [-0.2, -0.15) is 0 Å². The summed E-state index contributed by atoms with van der Waals surface area (Å²) in [5.41, 5.74) is 2.21. The van der Waals surface area contributed by atoms with Crippen LogP contribution in [-0.2, 0) is 6.42 Å². The van der Waals surface area contributed by atoms with E-state index in [1.165, 1.54) is 12.1 Å². The van der Waals surface area contributed by atoms with Gasteiger partial charge >= 0.3 is 0 Å². The lowest BCUT2D eigenvalue weighted by Crippen LogP contribution is -2.11. The van der Waals surface area contributed by atoms with Crippen molar-refractivity contribution >= 4 is 10.9 Å². The van der Waals surface area contributed by atoms with Crippen molar-refractivity contribution in [3.05, 3.63) is 45.5 Å². The first-order valence-electron chi connectivity index (χ1n) is 4.94. The molecule has 1 aromatic carbocycles. The van der Waals surface area contributed by atoms with Crippen LogP contribution in [0.3, 0.4) is 0 Å². The molecule has 0 atom stereocenters. The lowest BCUT2D eigenvalue weighted by Gasteiger charge is -2.05. The molecule has 0 bridgehead atoms. The third-order valence-electron chi connectivity index (χ3n) is 2.66. The van der Waals surface area contributed by atoms with Gasteiger partial charge in [0.05, 0.1) is 0 Å². The van der Waals surface area contributed by atoms with Crippen LogP contribution in [0.5, 0.6) is 0 Å². The number of H-pyrrole nitrogens is 1. The Morgan fingerprint density at radius 3 is 2.80 bits per heavy atom. The fourth-order valence-electron chi connectivity index (χ4n) is 1.76. The van der Waals surface area contributed by atoms with Crippen molar-refractivity contribution in [2.24, 2.45) is 0 Å². The van der Waals surface area contributed by atoms with Crippen molar-refractivity contribution in [1.82, 2.24) is 4.98 Å². The minimum absolute atomic E-state index is 0.0832. The number of benzene rings is 1. The standard InChI is InChI=1S/C12H12FNO/c1-3-10-7(2)12(15)9-6-8(13)4-5-11(9)14-10/h4-6H,3H2,1-2H3,(H,14,15). The van der Waals surface area contributed by atoms with Crippen molar-refractivity contribution in [2.45, 2.75) is 20.3 Å². The molecular weight excluding hydrogens is 193 g/mol. The summed E-state index contributed by atoms with van der Waals surface area (Å²) in [6, 6.07) is 4.23. The molecule has 0 spiro atoms. The molecule has 0 aliphatic rings. The number of aromatic nitrogens is 1. The second-order valence-corrected chi connectivity index (χ2v) is 3.60.